The van der Waals surface area contributed by atoms with Crippen molar-refractivity contribution in [1.29, 1.82) is 0 Å². The van der Waals surface area contributed by atoms with Crippen molar-refractivity contribution < 1.29 is 23.9 Å². The van der Waals surface area contributed by atoms with E-state index in [0.717, 1.165) is 11.3 Å². The van der Waals surface area contributed by atoms with Gasteiger partial charge in [-0.25, -0.2) is 0 Å². The van der Waals surface area contributed by atoms with Crippen LogP contribution >= 0.6 is 0 Å². The van der Waals surface area contributed by atoms with Gasteiger partial charge in [0.05, 0.1) is 5.56 Å². The summed E-state index contributed by atoms with van der Waals surface area (Å²) < 4.78 is 5.47. The minimum Gasteiger partial charge on any atom is -0.480 e. The van der Waals surface area contributed by atoms with Gasteiger partial charge in [-0.05, 0) is 13.3 Å². The fourth-order valence-corrected chi connectivity index (χ4v) is 2.30. The highest BCUT2D eigenvalue weighted by Crippen LogP contribution is 2.29. The highest BCUT2D eigenvalue weighted by atomic mass is 16.4. The number of carbonyl (C=O) groups is 3. The lowest BCUT2D eigenvalue weighted by molar-refractivity contribution is -0.137. The molecule has 0 unspecified atom stereocenters. The summed E-state index contributed by atoms with van der Waals surface area (Å²) in [4.78, 5) is 35.6. The van der Waals surface area contributed by atoms with Crippen molar-refractivity contribution in [1.82, 2.24) is 4.90 Å². The zero-order valence-corrected chi connectivity index (χ0v) is 10.9. The number of likely N-dealkylation sites (N-methyl/N-ethyl adjacent to an activating group) is 1. The van der Waals surface area contributed by atoms with Gasteiger partial charge in [0.1, 0.15) is 12.3 Å². The van der Waals surface area contributed by atoms with Crippen LogP contribution in [0.5, 0.6) is 0 Å². The number of nitrogens with zero attached hydrogens (tertiary/aromatic N) is 1. The smallest absolute Gasteiger partial charge is 0.323 e. The quantitative estimate of drug-likeness (QED) is 0.889. The molecule has 0 saturated heterocycles. The maximum atomic E-state index is 12.1. The predicted molar refractivity (Wildman–Crippen MR) is 65.3 cm³/mol. The lowest BCUT2D eigenvalue weighted by Gasteiger charge is -2.12. The molecule has 102 valence electrons. The number of hydrogen-bond donors (Lipinski definition) is 1. The number of aryl methyl sites for hydroxylation is 1. The second-order valence-electron chi connectivity index (χ2n) is 4.69. The average molecular weight is 265 g/mol. The summed E-state index contributed by atoms with van der Waals surface area (Å²) in [7, 11) is 1.39. The van der Waals surface area contributed by atoms with E-state index in [2.05, 4.69) is 0 Å². The van der Waals surface area contributed by atoms with Crippen LogP contribution in [0.25, 0.3) is 0 Å². The van der Waals surface area contributed by atoms with Crippen LogP contribution < -0.4 is 0 Å². The minimum atomic E-state index is -1.10. The molecule has 6 heteroatoms. The topological polar surface area (TPSA) is 87.8 Å². The lowest BCUT2D eigenvalue weighted by Crippen LogP contribution is -2.32. The minimum absolute atomic E-state index is 0.0116. The fourth-order valence-electron chi connectivity index (χ4n) is 2.30. The van der Waals surface area contributed by atoms with Gasteiger partial charge in [-0.1, -0.05) is 0 Å². The Bertz CT molecular complexity index is 558. The van der Waals surface area contributed by atoms with Crippen LogP contribution in [-0.4, -0.2) is 41.3 Å². The second kappa shape index (κ2) is 4.87. The number of amides is 1. The third kappa shape index (κ3) is 2.38. The number of aliphatic carboxylic acids is 1. The Morgan fingerprint density at radius 2 is 2.05 bits per heavy atom. The van der Waals surface area contributed by atoms with E-state index in [0.29, 0.717) is 29.7 Å². The van der Waals surface area contributed by atoms with Gasteiger partial charge in [0.2, 0.25) is 0 Å². The number of carboxylic acids is 1. The van der Waals surface area contributed by atoms with Crippen LogP contribution in [0.3, 0.4) is 0 Å². The number of ketones is 1. The van der Waals surface area contributed by atoms with Crippen molar-refractivity contribution in [2.24, 2.45) is 0 Å². The first kappa shape index (κ1) is 13.3. The highest BCUT2D eigenvalue weighted by Gasteiger charge is 2.30. The van der Waals surface area contributed by atoms with Gasteiger partial charge in [0.25, 0.3) is 5.91 Å². The van der Waals surface area contributed by atoms with Crippen LogP contribution in [0.4, 0.5) is 0 Å². The summed E-state index contributed by atoms with van der Waals surface area (Å²) >= 11 is 0. The number of hydrogen-bond acceptors (Lipinski definition) is 4. The van der Waals surface area contributed by atoms with E-state index in [1.54, 1.807) is 6.92 Å². The standard InChI is InChI=1S/C13H15NO5/c1-7-11-8(15)4-3-5-9(11)19-12(7)13(18)14(2)6-10(16)17/h3-6H2,1-2H3,(H,16,17). The lowest BCUT2D eigenvalue weighted by atomic mass is 9.94. The summed E-state index contributed by atoms with van der Waals surface area (Å²) in [5.74, 6) is -1.00. The Morgan fingerprint density at radius 3 is 2.63 bits per heavy atom. The van der Waals surface area contributed by atoms with E-state index >= 15 is 0 Å². The van der Waals surface area contributed by atoms with Crippen LogP contribution in [0.15, 0.2) is 4.42 Å². The Hall–Kier alpha value is -2.11. The summed E-state index contributed by atoms with van der Waals surface area (Å²) in [5, 5.41) is 8.67. The highest BCUT2D eigenvalue weighted by molar-refractivity contribution is 6.03. The van der Waals surface area contributed by atoms with Crippen molar-refractivity contribution in [3.05, 3.63) is 22.6 Å². The van der Waals surface area contributed by atoms with Gasteiger partial charge in [-0.3, -0.25) is 14.4 Å². The number of Topliss-reactive ketones (excluding diaryl/α,β-unsaturated/α-hetero) is 1. The molecule has 6 nitrogen and oxygen atoms in total. The number of carboxylic acid groups (broad SMARTS) is 1. The maximum Gasteiger partial charge on any atom is 0.323 e. The summed E-state index contributed by atoms with van der Waals surface area (Å²) in [6.07, 6.45) is 1.82. The first-order valence-corrected chi connectivity index (χ1v) is 6.04. The van der Waals surface area contributed by atoms with E-state index in [1.165, 1.54) is 7.05 Å². The Morgan fingerprint density at radius 1 is 1.37 bits per heavy atom. The number of rotatable bonds is 3. The molecule has 1 aromatic rings. The molecule has 19 heavy (non-hydrogen) atoms. The van der Waals surface area contributed by atoms with Crippen molar-refractivity contribution in [2.75, 3.05) is 13.6 Å². The first-order chi connectivity index (χ1) is 8.91. The second-order valence-corrected chi connectivity index (χ2v) is 4.69. The third-order valence-corrected chi connectivity index (χ3v) is 3.22. The van der Waals surface area contributed by atoms with Gasteiger partial charge in [-0.15, -0.1) is 0 Å². The molecule has 0 bridgehead atoms. The molecule has 0 radical (unpaired) electrons. The van der Waals surface area contributed by atoms with Crippen molar-refractivity contribution >= 4 is 17.7 Å². The summed E-state index contributed by atoms with van der Waals surface area (Å²) in [5.41, 5.74) is 1.01. The predicted octanol–water partition coefficient (Wildman–Crippen LogP) is 1.26. The van der Waals surface area contributed by atoms with Crippen LogP contribution in [0.1, 0.15) is 45.1 Å². The first-order valence-electron chi connectivity index (χ1n) is 6.04. The summed E-state index contributed by atoms with van der Waals surface area (Å²) in [6, 6.07) is 0. The molecule has 0 saturated carbocycles. The molecule has 0 aliphatic heterocycles. The van der Waals surface area contributed by atoms with Gasteiger partial charge in [-0.2, -0.15) is 0 Å². The van der Waals surface area contributed by atoms with Gasteiger partial charge >= 0.3 is 5.97 Å². The Kier molecular flexibility index (Phi) is 3.42. The molecule has 1 aliphatic carbocycles. The van der Waals surface area contributed by atoms with Crippen LogP contribution in [0, 0.1) is 6.92 Å². The molecule has 1 amide bonds. The van der Waals surface area contributed by atoms with Crippen molar-refractivity contribution in [3.8, 4) is 0 Å². The van der Waals surface area contributed by atoms with Crippen LogP contribution in [0.2, 0.25) is 0 Å². The zero-order valence-electron chi connectivity index (χ0n) is 10.9. The molecule has 2 rings (SSSR count). The molecule has 1 aliphatic rings. The third-order valence-electron chi connectivity index (χ3n) is 3.22. The van der Waals surface area contributed by atoms with E-state index in [-0.39, 0.29) is 11.5 Å². The van der Waals surface area contributed by atoms with E-state index in [4.69, 9.17) is 9.52 Å². The molecule has 0 spiro atoms. The molecule has 1 N–H and O–H groups in total. The van der Waals surface area contributed by atoms with Crippen LogP contribution in [-0.2, 0) is 11.2 Å². The van der Waals surface area contributed by atoms with E-state index < -0.39 is 18.4 Å². The maximum absolute atomic E-state index is 12.1. The number of fused-ring (bicyclic) bond motifs is 1. The van der Waals surface area contributed by atoms with Gasteiger partial charge in [0.15, 0.2) is 11.5 Å². The molecule has 1 heterocycles. The normalized spacial score (nSPS) is 14.1. The zero-order chi connectivity index (χ0) is 14.2. The molecule has 0 fully saturated rings. The Labute approximate surface area is 110 Å². The number of carbonyl (C=O) groups excluding carboxylic acids is 2. The fraction of sp³-hybridized carbons (Fsp3) is 0.462. The molecule has 1 aromatic heterocycles. The van der Waals surface area contributed by atoms with Gasteiger partial charge < -0.3 is 14.4 Å². The van der Waals surface area contributed by atoms with E-state index in [9.17, 15) is 14.4 Å². The number of furan rings is 1. The van der Waals surface area contributed by atoms with Crippen molar-refractivity contribution in [2.45, 2.75) is 26.2 Å². The molecular weight excluding hydrogens is 250 g/mol. The Balaban J connectivity index is 2.34. The largest absolute Gasteiger partial charge is 0.480 e. The molecule has 0 aromatic carbocycles. The van der Waals surface area contributed by atoms with E-state index in [1.807, 2.05) is 0 Å². The van der Waals surface area contributed by atoms with Crippen molar-refractivity contribution in [3.63, 3.8) is 0 Å². The average Bonchev–Trinajstić information content (AvgIpc) is 2.66. The van der Waals surface area contributed by atoms with Gasteiger partial charge in [0, 0.05) is 25.5 Å². The SMILES string of the molecule is Cc1c(C(=O)N(C)CC(=O)O)oc2c1C(=O)CCC2. The monoisotopic (exact) mass is 265 g/mol. The summed E-state index contributed by atoms with van der Waals surface area (Å²) in [6.45, 7) is 1.25. The molecule has 0 atom stereocenters. The molecular formula is C13H15NO5.